The molecule has 0 fully saturated rings. The Kier molecular flexibility index (Phi) is 12.3. The van der Waals surface area contributed by atoms with Crippen LogP contribution in [0.1, 0.15) is 41.0 Å². The van der Waals surface area contributed by atoms with E-state index in [1.807, 2.05) is 6.07 Å². The van der Waals surface area contributed by atoms with Crippen molar-refractivity contribution >= 4 is 0 Å². The highest BCUT2D eigenvalue weighted by Crippen LogP contribution is 2.47. The lowest BCUT2D eigenvalue weighted by molar-refractivity contribution is 0.849. The van der Waals surface area contributed by atoms with Crippen LogP contribution in [-0.4, -0.2) is 0 Å². The first kappa shape index (κ1) is 40.8. The second-order valence-electron chi connectivity index (χ2n) is 16.7. The molecule has 3 aliphatic carbocycles. The maximum Gasteiger partial charge on any atom is 0.0278 e. The zero-order valence-corrected chi connectivity index (χ0v) is 36.3. The fraction of sp³-hybridized carbons (Fsp3) is 0.0794. The third kappa shape index (κ3) is 9.52. The van der Waals surface area contributed by atoms with Crippen LogP contribution in [0.2, 0.25) is 0 Å². The van der Waals surface area contributed by atoms with Crippen LogP contribution >= 0.6 is 0 Å². The average molecular weight is 809 g/mol. The third-order valence-electron chi connectivity index (χ3n) is 12.2. The first-order valence-corrected chi connectivity index (χ1v) is 22.1. The quantitative estimate of drug-likeness (QED) is 0.162. The number of benzene rings is 8. The second-order valence-corrected chi connectivity index (χ2v) is 16.7. The zero-order chi connectivity index (χ0) is 43.0. The lowest BCUT2D eigenvalue weighted by atomic mass is 9.69. The smallest absolute Gasteiger partial charge is 0.0278 e. The monoisotopic (exact) mass is 808 g/mol. The summed E-state index contributed by atoms with van der Waals surface area (Å²) in [5, 5.41) is 0. The molecular formula is C63H52. The highest BCUT2D eigenvalue weighted by atomic mass is 14.3. The van der Waals surface area contributed by atoms with Crippen LogP contribution in [0.5, 0.6) is 0 Å². The first-order chi connectivity index (χ1) is 31.0. The van der Waals surface area contributed by atoms with E-state index in [-0.39, 0.29) is 0 Å². The molecule has 0 N–H and O–H groups in total. The SMILES string of the molecule is CC1=CC2=C3C=CC=CC3c3ccccc3C2C=C1.Cc1ccc(-c2cc(-c3ccccc3)cc(-c3ccccc3)c2)cc1.Cc1ccc(-c2cccc(-c3ccccc3)c2)cc1. The molecule has 0 heteroatoms. The van der Waals surface area contributed by atoms with Gasteiger partial charge in [0, 0.05) is 11.8 Å². The molecule has 0 aromatic heterocycles. The fourth-order valence-corrected chi connectivity index (χ4v) is 8.82. The summed E-state index contributed by atoms with van der Waals surface area (Å²) in [4.78, 5) is 0. The molecule has 0 amide bonds. The van der Waals surface area contributed by atoms with Gasteiger partial charge >= 0.3 is 0 Å². The minimum Gasteiger partial charge on any atom is -0.0726 e. The van der Waals surface area contributed by atoms with E-state index >= 15 is 0 Å². The number of rotatable bonds is 5. The lowest BCUT2D eigenvalue weighted by Gasteiger charge is -2.34. The van der Waals surface area contributed by atoms with E-state index < -0.39 is 0 Å². The summed E-state index contributed by atoms with van der Waals surface area (Å²) in [7, 11) is 0. The maximum absolute atomic E-state index is 2.35. The number of fused-ring (bicyclic) bond motifs is 5. The number of hydrogen-bond acceptors (Lipinski definition) is 0. The van der Waals surface area contributed by atoms with E-state index in [0.29, 0.717) is 11.8 Å². The molecule has 63 heavy (non-hydrogen) atoms. The molecule has 0 bridgehead atoms. The summed E-state index contributed by atoms with van der Waals surface area (Å²) < 4.78 is 0. The van der Waals surface area contributed by atoms with Crippen LogP contribution in [0.3, 0.4) is 0 Å². The number of aryl methyl sites for hydroxylation is 2. The predicted molar refractivity (Wildman–Crippen MR) is 270 cm³/mol. The van der Waals surface area contributed by atoms with Gasteiger partial charge in [0.2, 0.25) is 0 Å². The third-order valence-corrected chi connectivity index (χ3v) is 12.2. The molecule has 8 aromatic rings. The van der Waals surface area contributed by atoms with Crippen molar-refractivity contribution in [3.05, 3.63) is 288 Å². The van der Waals surface area contributed by atoms with E-state index in [1.165, 1.54) is 94.6 Å². The van der Waals surface area contributed by atoms with Gasteiger partial charge in [0.05, 0.1) is 0 Å². The normalized spacial score (nSPS) is 15.4. The van der Waals surface area contributed by atoms with Gasteiger partial charge in [-0.15, -0.1) is 0 Å². The highest BCUT2D eigenvalue weighted by Gasteiger charge is 2.31. The summed E-state index contributed by atoms with van der Waals surface area (Å²) in [5.74, 6) is 0.866. The van der Waals surface area contributed by atoms with Gasteiger partial charge in [0.15, 0.2) is 0 Å². The Morgan fingerprint density at radius 3 is 1.16 bits per heavy atom. The summed E-state index contributed by atoms with van der Waals surface area (Å²) >= 11 is 0. The van der Waals surface area contributed by atoms with Crippen LogP contribution in [0.15, 0.2) is 266 Å². The van der Waals surface area contributed by atoms with Crippen LogP contribution < -0.4 is 0 Å². The molecule has 11 rings (SSSR count). The molecule has 2 unspecified atom stereocenters. The molecule has 0 nitrogen and oxygen atoms in total. The van der Waals surface area contributed by atoms with Gasteiger partial charge in [-0.25, -0.2) is 0 Å². The van der Waals surface area contributed by atoms with Crippen molar-refractivity contribution in [2.75, 3.05) is 0 Å². The van der Waals surface area contributed by atoms with E-state index in [4.69, 9.17) is 0 Å². The molecule has 0 heterocycles. The summed E-state index contributed by atoms with van der Waals surface area (Å²) in [5.41, 5.74) is 22.3. The summed E-state index contributed by atoms with van der Waals surface area (Å²) in [6, 6.07) is 73.5. The molecule has 3 aliphatic rings. The summed E-state index contributed by atoms with van der Waals surface area (Å²) in [6.45, 7) is 6.42. The van der Waals surface area contributed by atoms with Gasteiger partial charge in [-0.3, -0.25) is 0 Å². The topological polar surface area (TPSA) is 0 Å². The van der Waals surface area contributed by atoms with Gasteiger partial charge in [-0.1, -0.05) is 241 Å². The fourth-order valence-electron chi connectivity index (χ4n) is 8.82. The Labute approximate surface area is 374 Å². The molecule has 8 aromatic carbocycles. The van der Waals surface area contributed by atoms with Crippen molar-refractivity contribution in [1.29, 1.82) is 0 Å². The van der Waals surface area contributed by atoms with E-state index in [2.05, 4.69) is 263 Å². The Morgan fingerprint density at radius 1 is 0.286 bits per heavy atom. The molecule has 0 saturated heterocycles. The van der Waals surface area contributed by atoms with Crippen LogP contribution in [0.25, 0.3) is 55.6 Å². The summed E-state index contributed by atoms with van der Waals surface area (Å²) in [6.07, 6.45) is 15.9. The number of hydrogen-bond donors (Lipinski definition) is 0. The lowest BCUT2D eigenvalue weighted by Crippen LogP contribution is -2.18. The van der Waals surface area contributed by atoms with Crippen molar-refractivity contribution in [3.63, 3.8) is 0 Å². The van der Waals surface area contributed by atoms with Crippen molar-refractivity contribution in [2.24, 2.45) is 0 Å². The van der Waals surface area contributed by atoms with Crippen molar-refractivity contribution in [2.45, 2.75) is 32.6 Å². The van der Waals surface area contributed by atoms with E-state index in [0.717, 1.165) is 0 Å². The standard InChI is InChI=1S/C25H20.2C19H16/c1-19-12-14-22(15-13-19)25-17-23(20-8-4-2-5-9-20)16-24(18-25)21-10-6-3-7-11-21;1-13-10-11-18-16-8-3-2-6-14(16)15-7-4-5-9-17(15)19(18)12-13;1-15-10-12-17(13-11-15)19-9-5-8-18(14-19)16-6-3-2-4-7-16/h2-18H,1H3;2-12,15,18H,1H3;2-14H,1H3. The van der Waals surface area contributed by atoms with Crippen molar-refractivity contribution in [1.82, 2.24) is 0 Å². The molecule has 2 atom stereocenters. The molecule has 0 radical (unpaired) electrons. The number of allylic oxidation sites excluding steroid dienone is 10. The van der Waals surface area contributed by atoms with E-state index in [1.54, 1.807) is 0 Å². The Hall–Kier alpha value is -7.54. The van der Waals surface area contributed by atoms with E-state index in [9.17, 15) is 0 Å². The van der Waals surface area contributed by atoms with Crippen LogP contribution in [0.4, 0.5) is 0 Å². The molecular weight excluding hydrogens is 757 g/mol. The van der Waals surface area contributed by atoms with Crippen molar-refractivity contribution < 1.29 is 0 Å². The average Bonchev–Trinajstić information content (AvgIpc) is 3.35. The van der Waals surface area contributed by atoms with Crippen LogP contribution in [-0.2, 0) is 0 Å². The Morgan fingerprint density at radius 2 is 0.667 bits per heavy atom. The molecule has 0 spiro atoms. The second kappa shape index (κ2) is 19.0. The predicted octanol–water partition coefficient (Wildman–Crippen LogP) is 17.1. The van der Waals surface area contributed by atoms with Gasteiger partial charge < -0.3 is 0 Å². The molecule has 0 aliphatic heterocycles. The molecule has 0 saturated carbocycles. The first-order valence-electron chi connectivity index (χ1n) is 22.1. The van der Waals surface area contributed by atoms with Crippen molar-refractivity contribution in [3.8, 4) is 55.6 Å². The largest absolute Gasteiger partial charge is 0.0726 e. The maximum atomic E-state index is 2.35. The van der Waals surface area contributed by atoms with Gasteiger partial charge in [-0.2, -0.15) is 0 Å². The Bertz CT molecular complexity index is 2920. The van der Waals surface area contributed by atoms with Gasteiger partial charge in [-0.05, 0) is 123 Å². The zero-order valence-electron chi connectivity index (χ0n) is 36.3. The highest BCUT2D eigenvalue weighted by molar-refractivity contribution is 5.81. The van der Waals surface area contributed by atoms with Crippen LogP contribution in [0, 0.1) is 13.8 Å². The molecule has 304 valence electrons. The van der Waals surface area contributed by atoms with Gasteiger partial charge in [0.1, 0.15) is 0 Å². The minimum atomic E-state index is 0.433. The van der Waals surface area contributed by atoms with Gasteiger partial charge in [0.25, 0.3) is 0 Å². The minimum absolute atomic E-state index is 0.433. The Balaban J connectivity index is 0.000000122.